The van der Waals surface area contributed by atoms with Crippen LogP contribution in [0.5, 0.6) is 0 Å². The van der Waals surface area contributed by atoms with Crippen LogP contribution in [0.15, 0.2) is 6.33 Å². The van der Waals surface area contributed by atoms with E-state index in [4.69, 9.17) is 15.2 Å². The third kappa shape index (κ3) is 5.94. The van der Waals surface area contributed by atoms with Crippen LogP contribution in [0.4, 0.5) is 10.6 Å². The number of fused-ring (bicyclic) bond motifs is 1. The summed E-state index contributed by atoms with van der Waals surface area (Å²) < 4.78 is 12.9. The lowest BCUT2D eigenvalue weighted by atomic mass is 9.91. The molecule has 2 saturated heterocycles. The molecule has 3 fully saturated rings. The van der Waals surface area contributed by atoms with E-state index in [-0.39, 0.29) is 18.0 Å². The zero-order chi connectivity index (χ0) is 27.5. The molecule has 13 heteroatoms. The number of hydrogen-bond donors (Lipinski definition) is 4. The molecule has 2 amide bonds. The number of carbonyl (C=O) groups is 2. The first kappa shape index (κ1) is 27.5. The summed E-state index contributed by atoms with van der Waals surface area (Å²) in [6.07, 6.45) is 4.91. The highest BCUT2D eigenvalue weighted by atomic mass is 16.6. The number of aryl methyl sites for hydroxylation is 1. The minimum Gasteiger partial charge on any atom is -0.446 e. The van der Waals surface area contributed by atoms with Gasteiger partial charge in [0.05, 0.1) is 6.33 Å². The number of hydrogen-bond acceptors (Lipinski definition) is 10. The number of carbonyl (C=O) groups excluding carboxylic acids is 2. The average molecular weight is 546 g/mol. The third-order valence-corrected chi connectivity index (χ3v) is 8.07. The summed E-state index contributed by atoms with van der Waals surface area (Å²) in [5, 5.41) is 23.6. The number of nitrogens with two attached hydrogens (primary N) is 1. The lowest BCUT2D eigenvalue weighted by Gasteiger charge is -2.32. The fourth-order valence-corrected chi connectivity index (χ4v) is 5.84. The van der Waals surface area contributed by atoms with E-state index in [1.807, 2.05) is 4.90 Å². The number of likely N-dealkylation sites (N-methyl/N-ethyl adjacent to an activating group) is 1. The van der Waals surface area contributed by atoms with Gasteiger partial charge in [-0.15, -0.1) is 0 Å². The molecule has 3 aliphatic rings. The summed E-state index contributed by atoms with van der Waals surface area (Å²) in [7, 11) is 0. The number of imidazole rings is 1. The highest BCUT2D eigenvalue weighted by Crippen LogP contribution is 2.32. The van der Waals surface area contributed by atoms with Crippen LogP contribution in [-0.4, -0.2) is 90.7 Å². The van der Waals surface area contributed by atoms with E-state index in [1.165, 1.54) is 10.9 Å². The normalized spacial score (nSPS) is 26.4. The molecule has 2 aromatic rings. The molecule has 4 atom stereocenters. The van der Waals surface area contributed by atoms with Gasteiger partial charge in [-0.3, -0.25) is 9.36 Å². The van der Waals surface area contributed by atoms with Crippen LogP contribution < -0.4 is 11.1 Å². The summed E-state index contributed by atoms with van der Waals surface area (Å²) >= 11 is 0. The van der Waals surface area contributed by atoms with Crippen LogP contribution in [-0.2, 0) is 20.7 Å². The van der Waals surface area contributed by atoms with Crippen LogP contribution >= 0.6 is 0 Å². The zero-order valence-corrected chi connectivity index (χ0v) is 22.4. The number of ether oxygens (including phenoxy) is 2. The van der Waals surface area contributed by atoms with Gasteiger partial charge in [0, 0.05) is 26.1 Å². The first-order valence-corrected chi connectivity index (χ1v) is 14.1. The Kier molecular flexibility index (Phi) is 8.48. The van der Waals surface area contributed by atoms with E-state index in [2.05, 4.69) is 20.3 Å². The number of aromatic nitrogens is 4. The van der Waals surface area contributed by atoms with Gasteiger partial charge in [0.1, 0.15) is 29.7 Å². The standard InChI is InChI=1S/C26H39N7O6/c1-2-28-24(36)21-19(34)20(35)25(39-21)33-14-29-18-22(27)30-17(31-23(18)33)9-5-6-15-10-12-32(13-11-15)26(37)38-16-7-3-4-8-16/h14-16,19-21,25,34-35H,2-13H2,1H3,(H,28,36)(H2,27,30,31)/t19-,20?,21+,25-/m1/s1. The van der Waals surface area contributed by atoms with Crippen molar-refractivity contribution < 1.29 is 29.3 Å². The van der Waals surface area contributed by atoms with Gasteiger partial charge >= 0.3 is 6.09 Å². The summed E-state index contributed by atoms with van der Waals surface area (Å²) in [6, 6.07) is 0. The molecule has 0 aromatic carbocycles. The van der Waals surface area contributed by atoms with Crippen LogP contribution in [0, 0.1) is 5.92 Å². The number of rotatable bonds is 8. The highest BCUT2D eigenvalue weighted by Gasteiger charge is 2.47. The van der Waals surface area contributed by atoms with Crippen LogP contribution in [0.2, 0.25) is 0 Å². The van der Waals surface area contributed by atoms with Crippen molar-refractivity contribution in [2.45, 2.75) is 95.4 Å². The minimum atomic E-state index is -1.39. The molecule has 1 saturated carbocycles. The Hall–Kier alpha value is -3.03. The number of aliphatic hydroxyl groups is 2. The summed E-state index contributed by atoms with van der Waals surface area (Å²) in [4.78, 5) is 39.8. The molecule has 39 heavy (non-hydrogen) atoms. The van der Waals surface area contributed by atoms with Gasteiger partial charge < -0.3 is 35.6 Å². The first-order valence-electron chi connectivity index (χ1n) is 14.1. The minimum absolute atomic E-state index is 0.0897. The van der Waals surface area contributed by atoms with E-state index in [0.29, 0.717) is 35.9 Å². The monoisotopic (exact) mass is 545 g/mol. The topological polar surface area (TPSA) is 178 Å². The molecule has 0 spiro atoms. The van der Waals surface area contributed by atoms with Crippen molar-refractivity contribution in [3.63, 3.8) is 0 Å². The molecule has 1 aliphatic carbocycles. The molecule has 2 aromatic heterocycles. The predicted octanol–water partition coefficient (Wildman–Crippen LogP) is 1.28. The molecule has 214 valence electrons. The van der Waals surface area contributed by atoms with Crippen molar-refractivity contribution >= 4 is 29.0 Å². The maximum absolute atomic E-state index is 12.4. The average Bonchev–Trinajstić information content (AvgIpc) is 3.65. The smallest absolute Gasteiger partial charge is 0.410 e. The number of amides is 2. The van der Waals surface area contributed by atoms with E-state index < -0.39 is 30.4 Å². The number of piperidine rings is 1. The number of aliphatic hydroxyl groups excluding tert-OH is 2. The Morgan fingerprint density at radius 2 is 1.90 bits per heavy atom. The van der Waals surface area contributed by atoms with Crippen LogP contribution in [0.3, 0.4) is 0 Å². The molecule has 0 radical (unpaired) electrons. The molecule has 0 bridgehead atoms. The predicted molar refractivity (Wildman–Crippen MR) is 140 cm³/mol. The second-order valence-corrected chi connectivity index (χ2v) is 10.8. The Morgan fingerprint density at radius 1 is 1.15 bits per heavy atom. The maximum atomic E-state index is 12.4. The molecule has 2 aliphatic heterocycles. The molecule has 1 unspecified atom stereocenters. The Bertz CT molecular complexity index is 1160. The second kappa shape index (κ2) is 12.0. The van der Waals surface area contributed by atoms with Gasteiger partial charge in [-0.25, -0.2) is 19.7 Å². The summed E-state index contributed by atoms with van der Waals surface area (Å²) in [6.45, 7) is 3.57. The quantitative estimate of drug-likeness (QED) is 0.378. The SMILES string of the molecule is CCNC(=O)[C@H]1O[C@@H](n2cnc3c(N)nc(CCCC4CCN(C(=O)OC5CCCC5)CC4)nc32)C(O)[C@H]1O. The van der Waals surface area contributed by atoms with Gasteiger partial charge in [-0.2, -0.15) is 0 Å². The van der Waals surface area contributed by atoms with E-state index in [1.54, 1.807) is 6.92 Å². The van der Waals surface area contributed by atoms with Crippen molar-refractivity contribution in [1.82, 2.24) is 29.7 Å². The van der Waals surface area contributed by atoms with E-state index >= 15 is 0 Å². The number of nitrogen functional groups attached to an aromatic ring is 1. The van der Waals surface area contributed by atoms with E-state index in [0.717, 1.165) is 64.5 Å². The summed E-state index contributed by atoms with van der Waals surface area (Å²) in [5.41, 5.74) is 6.91. The van der Waals surface area contributed by atoms with Gasteiger partial charge in [0.25, 0.3) is 5.91 Å². The van der Waals surface area contributed by atoms with Crippen LogP contribution in [0.1, 0.15) is 70.3 Å². The van der Waals surface area contributed by atoms with Crippen molar-refractivity contribution in [2.24, 2.45) is 5.92 Å². The maximum Gasteiger partial charge on any atom is 0.410 e. The van der Waals surface area contributed by atoms with Gasteiger partial charge in [-0.1, -0.05) is 0 Å². The van der Waals surface area contributed by atoms with Crippen molar-refractivity contribution in [3.8, 4) is 0 Å². The number of nitrogens with one attached hydrogen (secondary N) is 1. The molecule has 5 N–H and O–H groups in total. The van der Waals surface area contributed by atoms with Crippen molar-refractivity contribution in [1.29, 1.82) is 0 Å². The zero-order valence-electron chi connectivity index (χ0n) is 22.4. The summed E-state index contributed by atoms with van der Waals surface area (Å²) in [5.74, 6) is 0.785. The fourth-order valence-electron chi connectivity index (χ4n) is 5.84. The number of likely N-dealkylation sites (tertiary alicyclic amines) is 1. The Balaban J connectivity index is 1.16. The number of nitrogens with zero attached hydrogens (tertiary/aromatic N) is 5. The van der Waals surface area contributed by atoms with E-state index in [9.17, 15) is 19.8 Å². The first-order chi connectivity index (χ1) is 18.9. The van der Waals surface area contributed by atoms with Crippen molar-refractivity contribution in [2.75, 3.05) is 25.4 Å². The largest absolute Gasteiger partial charge is 0.446 e. The van der Waals surface area contributed by atoms with Gasteiger partial charge in [0.2, 0.25) is 0 Å². The van der Waals surface area contributed by atoms with Crippen LogP contribution in [0.25, 0.3) is 11.2 Å². The lowest BCUT2D eigenvalue weighted by Crippen LogP contribution is -2.42. The number of anilines is 1. The Morgan fingerprint density at radius 3 is 2.62 bits per heavy atom. The van der Waals surface area contributed by atoms with Crippen molar-refractivity contribution in [3.05, 3.63) is 12.2 Å². The molecule has 5 rings (SSSR count). The molecular formula is C26H39N7O6. The second-order valence-electron chi connectivity index (χ2n) is 10.8. The Labute approximate surface area is 227 Å². The fraction of sp³-hybridized carbons (Fsp3) is 0.731. The molecule has 4 heterocycles. The van der Waals surface area contributed by atoms with Gasteiger partial charge in [-0.05, 0) is 64.2 Å². The third-order valence-electron chi connectivity index (χ3n) is 8.07. The molecular weight excluding hydrogens is 506 g/mol. The highest BCUT2D eigenvalue weighted by molar-refractivity contribution is 5.83. The lowest BCUT2D eigenvalue weighted by molar-refractivity contribution is -0.137. The molecule has 13 nitrogen and oxygen atoms in total. The van der Waals surface area contributed by atoms with Gasteiger partial charge in [0.15, 0.2) is 23.8 Å².